The number of hydrogen-bond donors (Lipinski definition) is 2. The first kappa shape index (κ1) is 19.9. The van der Waals surface area contributed by atoms with E-state index in [1.165, 1.54) is 4.68 Å². The number of carbonyl (C=O) groups excluding carboxylic acids is 2. The Bertz CT molecular complexity index is 999. The summed E-state index contributed by atoms with van der Waals surface area (Å²) in [5, 5.41) is 4.11. The molecule has 0 aliphatic carbocycles. The molecular formula is C20H19IN4O3. The van der Waals surface area contributed by atoms with E-state index in [0.29, 0.717) is 17.9 Å². The molecule has 0 atom stereocenters. The fraction of sp³-hybridized carbons (Fsp3) is 0.150. The zero-order chi connectivity index (χ0) is 20.1. The van der Waals surface area contributed by atoms with Crippen LogP contribution >= 0.6 is 22.6 Å². The first-order valence-electron chi connectivity index (χ1n) is 8.51. The largest absolute Gasteiger partial charge is 0.489 e. The smallest absolute Gasteiger partial charge is 0.287 e. The summed E-state index contributed by atoms with van der Waals surface area (Å²) >= 11 is 2.23. The first-order valence-corrected chi connectivity index (χ1v) is 9.59. The summed E-state index contributed by atoms with van der Waals surface area (Å²) in [7, 11) is 1.67. The molecule has 3 aromatic rings. The zero-order valence-electron chi connectivity index (χ0n) is 15.4. The van der Waals surface area contributed by atoms with Crippen LogP contribution in [0.4, 0.5) is 0 Å². The standard InChI is InChI=1S/C20H19IN4O3/c1-13-10-18(25(2)24-13)20(27)23-22-19(26)15-5-3-4-14(11-15)12-28-17-8-6-16(21)7-9-17/h3-11H,12H2,1-2H3,(H,22,26)(H,23,27). The highest BCUT2D eigenvalue weighted by atomic mass is 127. The van der Waals surface area contributed by atoms with Gasteiger partial charge in [0.25, 0.3) is 11.8 Å². The number of carbonyl (C=O) groups is 2. The van der Waals surface area contributed by atoms with Gasteiger partial charge in [0.2, 0.25) is 0 Å². The fourth-order valence-corrected chi connectivity index (χ4v) is 2.93. The molecule has 0 radical (unpaired) electrons. The predicted octanol–water partition coefficient (Wildman–Crippen LogP) is 2.99. The molecule has 7 nitrogen and oxygen atoms in total. The third-order valence-corrected chi connectivity index (χ3v) is 4.65. The molecule has 2 N–H and O–H groups in total. The van der Waals surface area contributed by atoms with Gasteiger partial charge in [0.15, 0.2) is 0 Å². The summed E-state index contributed by atoms with van der Waals surface area (Å²) in [6, 6.07) is 16.4. The van der Waals surface area contributed by atoms with Crippen molar-refractivity contribution in [1.82, 2.24) is 20.6 Å². The van der Waals surface area contributed by atoms with Crippen molar-refractivity contribution in [2.24, 2.45) is 7.05 Å². The Balaban J connectivity index is 1.58. The van der Waals surface area contributed by atoms with Crippen LogP contribution < -0.4 is 15.6 Å². The lowest BCUT2D eigenvalue weighted by molar-refractivity contribution is 0.0841. The van der Waals surface area contributed by atoms with Gasteiger partial charge >= 0.3 is 0 Å². The number of benzene rings is 2. The van der Waals surface area contributed by atoms with E-state index in [-0.39, 0.29) is 0 Å². The van der Waals surface area contributed by atoms with E-state index in [1.54, 1.807) is 38.2 Å². The minimum atomic E-state index is -0.436. The quantitative estimate of drug-likeness (QED) is 0.426. The summed E-state index contributed by atoms with van der Waals surface area (Å²) in [5.41, 5.74) is 7.17. The van der Waals surface area contributed by atoms with Crippen LogP contribution in [-0.4, -0.2) is 21.6 Å². The lowest BCUT2D eigenvalue weighted by Gasteiger charge is -2.10. The van der Waals surface area contributed by atoms with E-state index in [0.717, 1.165) is 20.6 Å². The van der Waals surface area contributed by atoms with Gasteiger partial charge in [-0.15, -0.1) is 0 Å². The van der Waals surface area contributed by atoms with Crippen molar-refractivity contribution in [2.45, 2.75) is 13.5 Å². The van der Waals surface area contributed by atoms with Gasteiger partial charge in [0, 0.05) is 16.2 Å². The normalized spacial score (nSPS) is 10.4. The van der Waals surface area contributed by atoms with Gasteiger partial charge in [0.05, 0.1) is 5.69 Å². The summed E-state index contributed by atoms with van der Waals surface area (Å²) in [6.45, 7) is 2.13. The molecule has 0 fully saturated rings. The molecule has 1 heterocycles. The molecule has 144 valence electrons. The van der Waals surface area contributed by atoms with Gasteiger partial charge in [0.1, 0.15) is 18.1 Å². The number of halogens is 1. The van der Waals surface area contributed by atoms with Crippen LogP contribution in [0.15, 0.2) is 54.6 Å². The lowest BCUT2D eigenvalue weighted by Crippen LogP contribution is -2.42. The second-order valence-electron chi connectivity index (χ2n) is 6.15. The molecule has 0 saturated carbocycles. The van der Waals surface area contributed by atoms with Crippen LogP contribution in [0, 0.1) is 10.5 Å². The van der Waals surface area contributed by atoms with Crippen LogP contribution in [0.1, 0.15) is 32.1 Å². The molecule has 0 saturated heterocycles. The van der Waals surface area contributed by atoms with Crippen molar-refractivity contribution in [3.8, 4) is 5.75 Å². The maximum atomic E-state index is 12.3. The molecule has 0 aliphatic heterocycles. The SMILES string of the molecule is Cc1cc(C(=O)NNC(=O)c2cccc(COc3ccc(I)cc3)c2)n(C)n1. The Morgan fingerprint density at radius 2 is 1.79 bits per heavy atom. The molecule has 2 aromatic carbocycles. The van der Waals surface area contributed by atoms with Crippen LogP contribution in [-0.2, 0) is 13.7 Å². The van der Waals surface area contributed by atoms with Crippen LogP contribution in [0.5, 0.6) is 5.75 Å². The third-order valence-electron chi connectivity index (χ3n) is 3.93. The van der Waals surface area contributed by atoms with Gasteiger partial charge in [-0.3, -0.25) is 25.1 Å². The Labute approximate surface area is 176 Å². The lowest BCUT2D eigenvalue weighted by atomic mass is 10.1. The van der Waals surface area contributed by atoms with E-state index in [9.17, 15) is 9.59 Å². The maximum absolute atomic E-state index is 12.3. The molecule has 8 heteroatoms. The van der Waals surface area contributed by atoms with Crippen molar-refractivity contribution in [1.29, 1.82) is 0 Å². The van der Waals surface area contributed by atoms with Gasteiger partial charge in [-0.2, -0.15) is 5.10 Å². The Morgan fingerprint density at radius 3 is 2.46 bits per heavy atom. The van der Waals surface area contributed by atoms with Gasteiger partial charge < -0.3 is 4.74 Å². The van der Waals surface area contributed by atoms with E-state index < -0.39 is 11.8 Å². The Hall–Kier alpha value is -2.88. The van der Waals surface area contributed by atoms with E-state index in [4.69, 9.17) is 4.74 Å². The summed E-state index contributed by atoms with van der Waals surface area (Å²) in [6.07, 6.45) is 0. The zero-order valence-corrected chi connectivity index (χ0v) is 17.6. The number of rotatable bonds is 5. The number of aromatic nitrogens is 2. The van der Waals surface area contributed by atoms with Crippen molar-refractivity contribution >= 4 is 34.4 Å². The highest BCUT2D eigenvalue weighted by molar-refractivity contribution is 14.1. The summed E-state index contributed by atoms with van der Waals surface area (Å²) in [5.74, 6) is -0.0907. The topological polar surface area (TPSA) is 85.3 Å². The van der Waals surface area contributed by atoms with Crippen LogP contribution in [0.25, 0.3) is 0 Å². The number of amides is 2. The molecule has 3 rings (SSSR count). The van der Waals surface area contributed by atoms with Gasteiger partial charge in [-0.1, -0.05) is 12.1 Å². The number of aryl methyl sites for hydroxylation is 2. The average molecular weight is 490 g/mol. The highest BCUT2D eigenvalue weighted by Gasteiger charge is 2.13. The number of nitrogens with zero attached hydrogens (tertiary/aromatic N) is 2. The van der Waals surface area contributed by atoms with E-state index >= 15 is 0 Å². The molecule has 0 spiro atoms. The fourth-order valence-electron chi connectivity index (χ4n) is 2.57. The predicted molar refractivity (Wildman–Crippen MR) is 113 cm³/mol. The molecule has 28 heavy (non-hydrogen) atoms. The minimum absolute atomic E-state index is 0.336. The van der Waals surface area contributed by atoms with Crippen LogP contribution in [0.2, 0.25) is 0 Å². The number of hydrazine groups is 1. The molecule has 0 aliphatic rings. The minimum Gasteiger partial charge on any atom is -0.489 e. The van der Waals surface area contributed by atoms with Crippen molar-refractivity contribution in [2.75, 3.05) is 0 Å². The van der Waals surface area contributed by atoms with Gasteiger partial charge in [-0.05, 0) is 77.5 Å². The second kappa shape index (κ2) is 8.87. The van der Waals surface area contributed by atoms with Crippen LogP contribution in [0.3, 0.4) is 0 Å². The molecule has 0 unspecified atom stereocenters. The van der Waals surface area contributed by atoms with Gasteiger partial charge in [-0.25, -0.2) is 0 Å². The molecule has 1 aromatic heterocycles. The average Bonchev–Trinajstić information content (AvgIpc) is 3.04. The Kier molecular flexibility index (Phi) is 6.30. The number of nitrogens with one attached hydrogen (secondary N) is 2. The van der Waals surface area contributed by atoms with Crippen molar-refractivity contribution in [3.05, 3.63) is 80.7 Å². The maximum Gasteiger partial charge on any atom is 0.287 e. The molecule has 2 amide bonds. The second-order valence-corrected chi connectivity index (χ2v) is 7.39. The van der Waals surface area contributed by atoms with E-state index in [2.05, 4.69) is 38.5 Å². The number of hydrogen-bond acceptors (Lipinski definition) is 4. The third kappa shape index (κ3) is 5.10. The summed E-state index contributed by atoms with van der Waals surface area (Å²) in [4.78, 5) is 24.5. The molecule has 0 bridgehead atoms. The monoisotopic (exact) mass is 490 g/mol. The number of ether oxygens (including phenoxy) is 1. The first-order chi connectivity index (χ1) is 13.4. The van der Waals surface area contributed by atoms with Crippen molar-refractivity contribution in [3.63, 3.8) is 0 Å². The molecular weight excluding hydrogens is 471 g/mol. The summed E-state index contributed by atoms with van der Waals surface area (Å²) < 4.78 is 8.33. The van der Waals surface area contributed by atoms with E-state index in [1.807, 2.05) is 30.3 Å². The van der Waals surface area contributed by atoms with Crippen molar-refractivity contribution < 1.29 is 14.3 Å². The Morgan fingerprint density at radius 1 is 1.07 bits per heavy atom. The highest BCUT2D eigenvalue weighted by Crippen LogP contribution is 2.15.